The second-order valence-electron chi connectivity index (χ2n) is 7.22. The number of carbonyl (C=O) groups excluding carboxylic acids is 1. The molecule has 0 radical (unpaired) electrons. The Morgan fingerprint density at radius 2 is 1.79 bits per heavy atom. The first-order valence-electron chi connectivity index (χ1n) is 9.74. The molecule has 1 atom stereocenters. The number of halogens is 2. The van der Waals surface area contributed by atoms with Crippen molar-refractivity contribution in [2.75, 3.05) is 14.2 Å². The third-order valence-electron chi connectivity index (χ3n) is 5.00. The van der Waals surface area contributed by atoms with Gasteiger partial charge in [-0.3, -0.25) is 9.78 Å². The summed E-state index contributed by atoms with van der Waals surface area (Å²) in [5.41, 5.74) is 1.72. The number of ether oxygens (including phenoxy) is 2. The predicted octanol–water partition coefficient (Wildman–Crippen LogP) is 4.87. The minimum absolute atomic E-state index is 0.00473. The fourth-order valence-corrected chi connectivity index (χ4v) is 4.80. The van der Waals surface area contributed by atoms with Gasteiger partial charge in [0.25, 0.3) is 0 Å². The Bertz CT molecular complexity index is 1310. The first kappa shape index (κ1) is 25.1. The van der Waals surface area contributed by atoms with Crippen LogP contribution in [0.25, 0.3) is 0 Å². The molecule has 0 aliphatic carbocycles. The second-order valence-corrected chi connectivity index (χ2v) is 9.78. The van der Waals surface area contributed by atoms with Gasteiger partial charge in [0.2, 0.25) is 15.8 Å². The molecule has 0 aliphatic heterocycles. The Morgan fingerprint density at radius 1 is 1.06 bits per heavy atom. The maximum absolute atomic E-state index is 13.5. The minimum atomic E-state index is -4.04. The van der Waals surface area contributed by atoms with Gasteiger partial charge < -0.3 is 9.47 Å². The fraction of sp³-hybridized carbons (Fsp3) is 0.217. The number of benzene rings is 2. The molecule has 0 aliphatic rings. The lowest BCUT2D eigenvalue weighted by Crippen LogP contribution is -2.31. The highest BCUT2D eigenvalue weighted by atomic mass is 35.5. The van der Waals surface area contributed by atoms with Crippen molar-refractivity contribution >= 4 is 39.0 Å². The quantitative estimate of drug-likeness (QED) is 0.344. The third kappa shape index (κ3) is 5.37. The van der Waals surface area contributed by atoms with Crippen LogP contribution in [0.5, 0.6) is 5.75 Å². The van der Waals surface area contributed by atoms with Crippen LogP contribution < -0.4 is 9.46 Å². The van der Waals surface area contributed by atoms with Gasteiger partial charge in [-0.2, -0.15) is 4.72 Å². The average molecular weight is 509 g/mol. The summed E-state index contributed by atoms with van der Waals surface area (Å²) in [6.07, 6.45) is 0.0680. The summed E-state index contributed by atoms with van der Waals surface area (Å²) in [6, 6.07) is 11.0. The number of hydrogen-bond donors (Lipinski definition) is 1. The van der Waals surface area contributed by atoms with Crippen LogP contribution in [-0.2, 0) is 14.8 Å². The normalized spacial score (nSPS) is 12.4. The number of methoxy groups -OCH3 is 2. The Labute approximate surface area is 202 Å². The molecule has 2 aromatic carbocycles. The van der Waals surface area contributed by atoms with E-state index in [2.05, 4.69) is 9.71 Å². The van der Waals surface area contributed by atoms with Crippen molar-refractivity contribution < 1.29 is 22.7 Å². The van der Waals surface area contributed by atoms with Crippen LogP contribution in [0.15, 0.2) is 53.6 Å². The van der Waals surface area contributed by atoms with Crippen molar-refractivity contribution in [3.8, 4) is 5.75 Å². The molecule has 33 heavy (non-hydrogen) atoms. The fourth-order valence-electron chi connectivity index (χ4n) is 3.30. The molecule has 1 unspecified atom stereocenters. The number of aryl methyl sites for hydroxylation is 2. The van der Waals surface area contributed by atoms with Crippen molar-refractivity contribution in [2.24, 2.45) is 0 Å². The third-order valence-corrected chi connectivity index (χ3v) is 7.03. The summed E-state index contributed by atoms with van der Waals surface area (Å²) in [7, 11) is -1.27. The van der Waals surface area contributed by atoms with E-state index in [0.29, 0.717) is 27.5 Å². The summed E-state index contributed by atoms with van der Waals surface area (Å²) in [4.78, 5) is 17.7. The number of ketones is 1. The lowest BCUT2D eigenvalue weighted by atomic mass is 9.98. The topological polar surface area (TPSA) is 94.6 Å². The molecule has 10 heteroatoms. The number of nitrogens with one attached hydrogen (secondary N) is 1. The van der Waals surface area contributed by atoms with Gasteiger partial charge in [-0.05, 0) is 55.3 Å². The number of rotatable bonds is 8. The molecule has 3 rings (SSSR count). The van der Waals surface area contributed by atoms with Crippen LogP contribution in [0.4, 0.5) is 0 Å². The number of sulfonamides is 1. The molecule has 0 saturated heterocycles. The minimum Gasteiger partial charge on any atom is -0.496 e. The van der Waals surface area contributed by atoms with E-state index in [0.717, 1.165) is 0 Å². The van der Waals surface area contributed by atoms with Crippen LogP contribution in [0.2, 0.25) is 10.0 Å². The van der Waals surface area contributed by atoms with E-state index in [1.165, 1.54) is 44.7 Å². The van der Waals surface area contributed by atoms with Crippen molar-refractivity contribution in [1.82, 2.24) is 9.71 Å². The number of hydrogen-bond acceptors (Lipinski definition) is 6. The average Bonchev–Trinajstić information content (AvgIpc) is 2.78. The zero-order chi connectivity index (χ0) is 24.3. The van der Waals surface area contributed by atoms with Crippen LogP contribution in [0.3, 0.4) is 0 Å². The molecule has 0 fully saturated rings. The summed E-state index contributed by atoms with van der Waals surface area (Å²) in [6.45, 7) is 3.47. The molecule has 0 saturated carbocycles. The molecule has 1 heterocycles. The van der Waals surface area contributed by atoms with Crippen LogP contribution in [0, 0.1) is 13.8 Å². The highest BCUT2D eigenvalue weighted by Crippen LogP contribution is 2.30. The van der Waals surface area contributed by atoms with E-state index in [1.807, 2.05) is 0 Å². The molecular weight excluding hydrogens is 487 g/mol. The maximum atomic E-state index is 13.5. The molecule has 0 bridgehead atoms. The smallest absolute Gasteiger partial charge is 0.242 e. The van der Waals surface area contributed by atoms with Gasteiger partial charge in [-0.25, -0.2) is 8.42 Å². The van der Waals surface area contributed by atoms with Crippen LogP contribution >= 0.6 is 23.2 Å². The molecule has 7 nitrogen and oxygen atoms in total. The monoisotopic (exact) mass is 508 g/mol. The zero-order valence-corrected chi connectivity index (χ0v) is 20.7. The van der Waals surface area contributed by atoms with Gasteiger partial charge in [0.05, 0.1) is 22.6 Å². The molecule has 0 spiro atoms. The van der Waals surface area contributed by atoms with E-state index < -0.39 is 22.0 Å². The summed E-state index contributed by atoms with van der Waals surface area (Å²) >= 11 is 12.2. The maximum Gasteiger partial charge on any atom is 0.242 e. The predicted molar refractivity (Wildman–Crippen MR) is 127 cm³/mol. The first-order valence-corrected chi connectivity index (χ1v) is 12.0. The van der Waals surface area contributed by atoms with E-state index in [1.54, 1.807) is 32.0 Å². The second kappa shape index (κ2) is 10.2. The van der Waals surface area contributed by atoms with Gasteiger partial charge in [-0.1, -0.05) is 35.3 Å². The Hall–Kier alpha value is -2.49. The zero-order valence-electron chi connectivity index (χ0n) is 18.3. The molecular formula is C23H22Cl2N2O5S. The van der Waals surface area contributed by atoms with Crippen molar-refractivity contribution in [3.63, 3.8) is 0 Å². The standard InChI is InChI=1S/C23H22Cl2N2O5S/c1-13-6-5-7-19(31-3)20(13)22(28)21-17(11-15(24)12-26-21)23(32-4)27-33(29,30)16-8-9-18(25)14(2)10-16/h5-12,23,27H,1-4H3. The molecule has 3 aromatic rings. The van der Waals surface area contributed by atoms with E-state index >= 15 is 0 Å². The van der Waals surface area contributed by atoms with Gasteiger partial charge in [-0.15, -0.1) is 0 Å². The van der Waals surface area contributed by atoms with Gasteiger partial charge >= 0.3 is 0 Å². The molecule has 1 aromatic heterocycles. The highest BCUT2D eigenvalue weighted by molar-refractivity contribution is 7.89. The van der Waals surface area contributed by atoms with E-state index in [9.17, 15) is 13.2 Å². The van der Waals surface area contributed by atoms with Crippen molar-refractivity contribution in [1.29, 1.82) is 0 Å². The number of nitrogens with zero attached hydrogens (tertiary/aromatic N) is 1. The Kier molecular flexibility index (Phi) is 7.76. The number of carbonyl (C=O) groups is 1. The lowest BCUT2D eigenvalue weighted by molar-refractivity contribution is 0.0895. The largest absolute Gasteiger partial charge is 0.496 e. The van der Waals surface area contributed by atoms with Crippen molar-refractivity contribution in [2.45, 2.75) is 25.0 Å². The Morgan fingerprint density at radius 3 is 2.42 bits per heavy atom. The van der Waals surface area contributed by atoms with Gasteiger partial charge in [0, 0.05) is 23.9 Å². The summed E-state index contributed by atoms with van der Waals surface area (Å²) < 4.78 is 39.3. The first-order chi connectivity index (χ1) is 15.6. The lowest BCUT2D eigenvalue weighted by Gasteiger charge is -2.21. The van der Waals surface area contributed by atoms with E-state index in [-0.39, 0.29) is 21.2 Å². The SMILES string of the molecule is COc1cccc(C)c1C(=O)c1ncc(Cl)cc1C(NS(=O)(=O)c1ccc(Cl)c(C)c1)OC. The molecule has 174 valence electrons. The number of aromatic nitrogens is 1. The van der Waals surface area contributed by atoms with Gasteiger partial charge in [0.1, 0.15) is 17.7 Å². The Balaban J connectivity index is 2.08. The summed E-state index contributed by atoms with van der Waals surface area (Å²) in [5.74, 6) is -0.0888. The van der Waals surface area contributed by atoms with Crippen LogP contribution in [0.1, 0.15) is 39.0 Å². The van der Waals surface area contributed by atoms with Crippen LogP contribution in [-0.4, -0.2) is 33.4 Å². The number of pyridine rings is 1. The summed E-state index contributed by atoms with van der Waals surface area (Å²) in [5, 5.41) is 0.651. The van der Waals surface area contributed by atoms with Crippen molar-refractivity contribution in [3.05, 3.63) is 86.7 Å². The van der Waals surface area contributed by atoms with E-state index in [4.69, 9.17) is 32.7 Å². The molecule has 0 amide bonds. The van der Waals surface area contributed by atoms with Gasteiger partial charge in [0.15, 0.2) is 0 Å². The molecule has 1 N–H and O–H groups in total. The highest BCUT2D eigenvalue weighted by Gasteiger charge is 2.29.